The quantitative estimate of drug-likeness (QED) is 0.887. The molecule has 2 rings (SSSR count). The summed E-state index contributed by atoms with van der Waals surface area (Å²) >= 11 is 0. The number of carbonyl (C=O) groups is 1. The Morgan fingerprint density at radius 3 is 2.79 bits per heavy atom. The summed E-state index contributed by atoms with van der Waals surface area (Å²) in [6, 6.07) is 9.84. The third kappa shape index (κ3) is 5.59. The van der Waals surface area contributed by atoms with Crippen LogP contribution in [0.4, 0.5) is 5.69 Å². The van der Waals surface area contributed by atoms with Crippen molar-refractivity contribution >= 4 is 24.0 Å². The second-order valence-electron chi connectivity index (χ2n) is 4.87. The Morgan fingerprint density at radius 1 is 1.37 bits per heavy atom. The number of hydrogen-bond acceptors (Lipinski definition) is 3. The predicted molar refractivity (Wildman–Crippen MR) is 80.6 cm³/mol. The van der Waals surface area contributed by atoms with Gasteiger partial charge < -0.3 is 16.0 Å². The maximum absolute atomic E-state index is 11.8. The fourth-order valence-electron chi connectivity index (χ4n) is 2.30. The Hall–Kier alpha value is -1.10. The van der Waals surface area contributed by atoms with Gasteiger partial charge in [-0.05, 0) is 31.5 Å². The van der Waals surface area contributed by atoms with Crippen molar-refractivity contribution in [1.82, 2.24) is 4.90 Å². The second-order valence-corrected chi connectivity index (χ2v) is 4.87. The lowest BCUT2D eigenvalue weighted by Crippen LogP contribution is -2.43. The predicted octanol–water partition coefficient (Wildman–Crippen LogP) is 1.86. The molecule has 0 unspecified atom stereocenters. The highest BCUT2D eigenvalue weighted by Gasteiger charge is 2.16. The molecule has 0 spiro atoms. The van der Waals surface area contributed by atoms with Gasteiger partial charge in [0, 0.05) is 31.2 Å². The van der Waals surface area contributed by atoms with Gasteiger partial charge in [0.1, 0.15) is 0 Å². The number of nitrogens with one attached hydrogen (secondary N) is 1. The average molecular weight is 284 g/mol. The van der Waals surface area contributed by atoms with E-state index in [0.29, 0.717) is 6.42 Å². The van der Waals surface area contributed by atoms with E-state index in [-0.39, 0.29) is 24.4 Å². The maximum atomic E-state index is 11.8. The van der Waals surface area contributed by atoms with Crippen molar-refractivity contribution in [3.63, 3.8) is 0 Å². The molecule has 1 heterocycles. The molecule has 19 heavy (non-hydrogen) atoms. The van der Waals surface area contributed by atoms with Crippen molar-refractivity contribution < 1.29 is 4.79 Å². The number of likely N-dealkylation sites (tertiary alicyclic amines) is 1. The van der Waals surface area contributed by atoms with Gasteiger partial charge in [-0.25, -0.2) is 0 Å². The number of amides is 1. The molecule has 1 aliphatic heterocycles. The van der Waals surface area contributed by atoms with Crippen molar-refractivity contribution in [2.24, 2.45) is 5.73 Å². The number of halogens is 1. The molecule has 1 fully saturated rings. The summed E-state index contributed by atoms with van der Waals surface area (Å²) in [6.45, 7) is 2.78. The van der Waals surface area contributed by atoms with Gasteiger partial charge in [-0.3, -0.25) is 4.79 Å². The molecule has 1 amide bonds. The second kappa shape index (κ2) is 8.15. The molecule has 1 aromatic rings. The zero-order valence-corrected chi connectivity index (χ0v) is 11.9. The molecule has 0 aromatic heterocycles. The normalized spacial score (nSPS) is 19.5. The van der Waals surface area contributed by atoms with E-state index in [2.05, 4.69) is 10.2 Å². The Morgan fingerprint density at radius 2 is 2.11 bits per heavy atom. The lowest BCUT2D eigenvalue weighted by molar-refractivity contribution is -0.116. The van der Waals surface area contributed by atoms with E-state index in [1.54, 1.807) is 0 Å². The number of hydrogen-bond donors (Lipinski definition) is 2. The molecular weight excluding hydrogens is 262 g/mol. The van der Waals surface area contributed by atoms with Crippen LogP contribution in [0.1, 0.15) is 19.3 Å². The molecule has 0 radical (unpaired) electrons. The van der Waals surface area contributed by atoms with Crippen LogP contribution in [0.5, 0.6) is 0 Å². The van der Waals surface area contributed by atoms with E-state index in [0.717, 1.165) is 38.2 Å². The fraction of sp³-hybridized carbons (Fsp3) is 0.500. The molecule has 4 nitrogen and oxygen atoms in total. The molecule has 0 bridgehead atoms. The Bertz CT molecular complexity index is 386. The minimum Gasteiger partial charge on any atom is -0.327 e. The summed E-state index contributed by atoms with van der Waals surface area (Å²) in [6.07, 6.45) is 2.77. The van der Waals surface area contributed by atoms with Crippen molar-refractivity contribution in [3.05, 3.63) is 30.3 Å². The molecule has 0 saturated carbocycles. The Labute approximate surface area is 120 Å². The van der Waals surface area contributed by atoms with Gasteiger partial charge in [-0.15, -0.1) is 12.4 Å². The first-order valence-electron chi connectivity index (χ1n) is 6.57. The smallest absolute Gasteiger partial charge is 0.225 e. The Kier molecular flexibility index (Phi) is 6.84. The molecule has 5 heteroatoms. The van der Waals surface area contributed by atoms with Crippen LogP contribution in [-0.4, -0.2) is 36.5 Å². The molecule has 1 aliphatic rings. The summed E-state index contributed by atoms with van der Waals surface area (Å²) in [7, 11) is 0. The first kappa shape index (κ1) is 16.0. The fourth-order valence-corrected chi connectivity index (χ4v) is 2.30. The third-order valence-electron chi connectivity index (χ3n) is 3.25. The highest BCUT2D eigenvalue weighted by Crippen LogP contribution is 2.09. The largest absolute Gasteiger partial charge is 0.327 e. The first-order valence-corrected chi connectivity index (χ1v) is 6.57. The number of carbonyl (C=O) groups excluding carboxylic acids is 1. The maximum Gasteiger partial charge on any atom is 0.225 e. The zero-order valence-electron chi connectivity index (χ0n) is 11.0. The molecule has 1 atom stereocenters. The van der Waals surface area contributed by atoms with Crippen LogP contribution < -0.4 is 11.1 Å². The molecule has 1 aromatic carbocycles. The summed E-state index contributed by atoms with van der Waals surface area (Å²) in [4.78, 5) is 14.0. The van der Waals surface area contributed by atoms with Crippen LogP contribution >= 0.6 is 12.4 Å². The van der Waals surface area contributed by atoms with Gasteiger partial charge in [0.15, 0.2) is 0 Å². The van der Waals surface area contributed by atoms with Crippen LogP contribution in [0.15, 0.2) is 30.3 Å². The van der Waals surface area contributed by atoms with Crippen LogP contribution in [0, 0.1) is 0 Å². The van der Waals surface area contributed by atoms with E-state index < -0.39 is 0 Å². The summed E-state index contributed by atoms with van der Waals surface area (Å²) in [5.41, 5.74) is 6.77. The van der Waals surface area contributed by atoms with Crippen LogP contribution in [-0.2, 0) is 4.79 Å². The number of piperidine rings is 1. The van der Waals surface area contributed by atoms with Gasteiger partial charge in [0.05, 0.1) is 0 Å². The summed E-state index contributed by atoms with van der Waals surface area (Å²) < 4.78 is 0. The summed E-state index contributed by atoms with van der Waals surface area (Å²) in [5, 5.41) is 2.90. The number of nitrogens with zero attached hydrogens (tertiary/aromatic N) is 1. The number of nitrogens with two attached hydrogens (primary N) is 1. The lowest BCUT2D eigenvalue weighted by atomic mass is 10.1. The minimum absolute atomic E-state index is 0. The van der Waals surface area contributed by atoms with Crippen molar-refractivity contribution in [2.75, 3.05) is 25.0 Å². The topological polar surface area (TPSA) is 58.4 Å². The minimum atomic E-state index is 0. The highest BCUT2D eigenvalue weighted by atomic mass is 35.5. The SMILES string of the molecule is Cl.N[C@@H]1CCCN(CCC(=O)Nc2ccccc2)C1. The molecule has 1 saturated heterocycles. The molecule has 3 N–H and O–H groups in total. The van der Waals surface area contributed by atoms with E-state index in [4.69, 9.17) is 5.73 Å². The molecular formula is C14H22ClN3O. The van der Waals surface area contributed by atoms with E-state index >= 15 is 0 Å². The van der Waals surface area contributed by atoms with Gasteiger partial charge in [-0.2, -0.15) is 0 Å². The van der Waals surface area contributed by atoms with Crippen molar-refractivity contribution in [3.8, 4) is 0 Å². The van der Waals surface area contributed by atoms with Crippen molar-refractivity contribution in [1.29, 1.82) is 0 Å². The molecule has 0 aliphatic carbocycles. The van der Waals surface area contributed by atoms with Crippen LogP contribution in [0.3, 0.4) is 0 Å². The van der Waals surface area contributed by atoms with E-state index in [1.165, 1.54) is 0 Å². The van der Waals surface area contributed by atoms with E-state index in [1.807, 2.05) is 30.3 Å². The van der Waals surface area contributed by atoms with Crippen LogP contribution in [0.2, 0.25) is 0 Å². The van der Waals surface area contributed by atoms with Crippen LogP contribution in [0.25, 0.3) is 0 Å². The zero-order chi connectivity index (χ0) is 12.8. The number of anilines is 1. The number of benzene rings is 1. The standard InChI is InChI=1S/C14H21N3O.ClH/c15-12-5-4-9-17(11-12)10-8-14(18)16-13-6-2-1-3-7-13;/h1-3,6-7,12H,4-5,8-11,15H2,(H,16,18);1H/t12-;/m1./s1. The average Bonchev–Trinajstić information content (AvgIpc) is 2.38. The number of para-hydroxylation sites is 1. The van der Waals surface area contributed by atoms with E-state index in [9.17, 15) is 4.79 Å². The lowest BCUT2D eigenvalue weighted by Gasteiger charge is -2.30. The van der Waals surface area contributed by atoms with Gasteiger partial charge in [-0.1, -0.05) is 18.2 Å². The monoisotopic (exact) mass is 283 g/mol. The third-order valence-corrected chi connectivity index (χ3v) is 3.25. The molecule has 106 valence electrons. The van der Waals surface area contributed by atoms with Gasteiger partial charge >= 0.3 is 0 Å². The number of rotatable bonds is 4. The Balaban J connectivity index is 0.00000180. The van der Waals surface area contributed by atoms with Gasteiger partial charge in [0.25, 0.3) is 0 Å². The first-order chi connectivity index (χ1) is 8.74. The summed E-state index contributed by atoms with van der Waals surface area (Å²) in [5.74, 6) is 0.0698. The van der Waals surface area contributed by atoms with Crippen molar-refractivity contribution in [2.45, 2.75) is 25.3 Å². The van der Waals surface area contributed by atoms with Gasteiger partial charge in [0.2, 0.25) is 5.91 Å². The highest BCUT2D eigenvalue weighted by molar-refractivity contribution is 5.90.